The summed E-state index contributed by atoms with van der Waals surface area (Å²) < 4.78 is 0. The Morgan fingerprint density at radius 2 is 2.05 bits per heavy atom. The van der Waals surface area contributed by atoms with Crippen LogP contribution in [-0.2, 0) is 0 Å². The normalized spacial score (nSPS) is 22.9. The lowest BCUT2D eigenvalue weighted by Gasteiger charge is -2.29. The number of hydrogen-bond acceptors (Lipinski definition) is 3. The number of Topliss-reactive ketones (excluding diaryl/α,β-unsaturated/α-hetero) is 1. The first kappa shape index (κ1) is 13.3. The van der Waals surface area contributed by atoms with Crippen molar-refractivity contribution in [3.05, 3.63) is 42.1 Å². The Morgan fingerprint density at radius 3 is 2.90 bits per heavy atom. The van der Waals surface area contributed by atoms with Crippen LogP contribution < -0.4 is 5.73 Å². The molecule has 1 fully saturated rings. The van der Waals surface area contributed by atoms with E-state index in [0.717, 1.165) is 35.7 Å². The molecule has 2 aromatic rings. The van der Waals surface area contributed by atoms with Crippen molar-refractivity contribution < 1.29 is 4.79 Å². The number of nitrogens with two attached hydrogens (primary N) is 1. The zero-order valence-electron chi connectivity index (χ0n) is 11.6. The predicted molar refractivity (Wildman–Crippen MR) is 80.6 cm³/mol. The lowest BCUT2D eigenvalue weighted by Crippen LogP contribution is -2.32. The molecule has 2 unspecified atom stereocenters. The van der Waals surface area contributed by atoms with Crippen molar-refractivity contribution >= 4 is 16.7 Å². The van der Waals surface area contributed by atoms with Crippen molar-refractivity contribution in [2.24, 2.45) is 17.6 Å². The van der Waals surface area contributed by atoms with Gasteiger partial charge in [0.05, 0.1) is 5.52 Å². The molecule has 20 heavy (non-hydrogen) atoms. The fraction of sp³-hybridized carbons (Fsp3) is 0.412. The third-order valence-corrected chi connectivity index (χ3v) is 4.42. The smallest absolute Gasteiger partial charge is 0.167 e. The number of carbonyl (C=O) groups is 1. The van der Waals surface area contributed by atoms with E-state index >= 15 is 0 Å². The highest BCUT2D eigenvalue weighted by atomic mass is 16.1. The summed E-state index contributed by atoms with van der Waals surface area (Å²) >= 11 is 0. The first-order chi connectivity index (χ1) is 9.79. The Balaban J connectivity index is 1.91. The highest BCUT2D eigenvalue weighted by Gasteiger charge is 2.30. The van der Waals surface area contributed by atoms with E-state index in [1.807, 2.05) is 30.3 Å². The number of ketones is 1. The van der Waals surface area contributed by atoms with Gasteiger partial charge in [0.15, 0.2) is 5.78 Å². The molecule has 1 saturated carbocycles. The Bertz CT molecular complexity index is 623. The first-order valence-electron chi connectivity index (χ1n) is 7.38. The standard InChI is InChI=1S/C17H20N2O/c18-10-13-6-1-3-7-15(13)17(20)14-9-12-5-2-4-8-16(12)19-11-14/h2,4-5,8-9,11,13,15H,1,3,6-7,10,18H2. The average molecular weight is 268 g/mol. The lowest BCUT2D eigenvalue weighted by atomic mass is 9.75. The maximum absolute atomic E-state index is 12.7. The Hall–Kier alpha value is -1.74. The van der Waals surface area contributed by atoms with E-state index in [-0.39, 0.29) is 11.7 Å². The molecule has 0 aliphatic heterocycles. The zero-order valence-corrected chi connectivity index (χ0v) is 11.6. The van der Waals surface area contributed by atoms with E-state index in [1.165, 1.54) is 6.42 Å². The Morgan fingerprint density at radius 1 is 1.25 bits per heavy atom. The summed E-state index contributed by atoms with van der Waals surface area (Å²) in [5.41, 5.74) is 7.50. The quantitative estimate of drug-likeness (QED) is 0.870. The molecule has 1 aromatic carbocycles. The van der Waals surface area contributed by atoms with Gasteiger partial charge >= 0.3 is 0 Å². The number of carbonyl (C=O) groups excluding carboxylic acids is 1. The molecule has 1 aliphatic rings. The number of aromatic nitrogens is 1. The van der Waals surface area contributed by atoms with Gasteiger partial charge in [0.1, 0.15) is 0 Å². The van der Waals surface area contributed by atoms with Crippen molar-refractivity contribution in [3.8, 4) is 0 Å². The summed E-state index contributed by atoms with van der Waals surface area (Å²) in [4.78, 5) is 17.1. The summed E-state index contributed by atoms with van der Waals surface area (Å²) in [7, 11) is 0. The maximum atomic E-state index is 12.7. The summed E-state index contributed by atoms with van der Waals surface area (Å²) in [6, 6.07) is 9.87. The largest absolute Gasteiger partial charge is 0.330 e. The van der Waals surface area contributed by atoms with Crippen LogP contribution in [-0.4, -0.2) is 17.3 Å². The number of fused-ring (bicyclic) bond motifs is 1. The van der Waals surface area contributed by atoms with Gasteiger partial charge in [-0.3, -0.25) is 9.78 Å². The molecular formula is C17H20N2O. The van der Waals surface area contributed by atoms with Gasteiger partial charge in [0.2, 0.25) is 0 Å². The summed E-state index contributed by atoms with van der Waals surface area (Å²) in [6.07, 6.45) is 6.09. The van der Waals surface area contributed by atoms with Gasteiger partial charge in [-0.05, 0) is 37.4 Å². The molecule has 0 amide bonds. The fourth-order valence-corrected chi connectivity index (χ4v) is 3.25. The minimum atomic E-state index is 0.0803. The molecule has 1 aliphatic carbocycles. The molecule has 2 N–H and O–H groups in total. The third kappa shape index (κ3) is 2.46. The van der Waals surface area contributed by atoms with E-state index < -0.39 is 0 Å². The van der Waals surface area contributed by atoms with Gasteiger partial charge in [0.25, 0.3) is 0 Å². The number of benzene rings is 1. The molecule has 0 bridgehead atoms. The lowest BCUT2D eigenvalue weighted by molar-refractivity contribution is 0.0829. The first-order valence-corrected chi connectivity index (χ1v) is 7.38. The van der Waals surface area contributed by atoms with Crippen molar-refractivity contribution in [3.63, 3.8) is 0 Å². The maximum Gasteiger partial charge on any atom is 0.167 e. The molecule has 2 atom stereocenters. The topological polar surface area (TPSA) is 56.0 Å². The number of para-hydroxylation sites is 1. The van der Waals surface area contributed by atoms with Crippen LogP contribution >= 0.6 is 0 Å². The second-order valence-corrected chi connectivity index (χ2v) is 5.67. The van der Waals surface area contributed by atoms with E-state index in [1.54, 1.807) is 6.20 Å². The minimum absolute atomic E-state index is 0.0803. The second kappa shape index (κ2) is 5.71. The van der Waals surface area contributed by atoms with Gasteiger partial charge in [-0.2, -0.15) is 0 Å². The average Bonchev–Trinajstić information content (AvgIpc) is 2.53. The van der Waals surface area contributed by atoms with Crippen LogP contribution in [0.4, 0.5) is 0 Å². The van der Waals surface area contributed by atoms with Gasteiger partial charge in [-0.1, -0.05) is 31.0 Å². The summed E-state index contributed by atoms with van der Waals surface area (Å²) in [5.74, 6) is 0.637. The molecule has 1 heterocycles. The third-order valence-electron chi connectivity index (χ3n) is 4.42. The van der Waals surface area contributed by atoms with Crippen LogP contribution in [0.3, 0.4) is 0 Å². The van der Waals surface area contributed by atoms with Crippen molar-refractivity contribution in [1.82, 2.24) is 4.98 Å². The van der Waals surface area contributed by atoms with Crippen LogP contribution in [0.2, 0.25) is 0 Å². The molecule has 3 nitrogen and oxygen atoms in total. The van der Waals surface area contributed by atoms with Crippen LogP contribution in [0.1, 0.15) is 36.0 Å². The Labute approximate surface area is 119 Å². The Kier molecular flexibility index (Phi) is 3.79. The van der Waals surface area contributed by atoms with Crippen molar-refractivity contribution in [1.29, 1.82) is 0 Å². The van der Waals surface area contributed by atoms with Gasteiger partial charge in [-0.25, -0.2) is 0 Å². The van der Waals surface area contributed by atoms with E-state index in [9.17, 15) is 4.79 Å². The molecule has 0 saturated heterocycles. The predicted octanol–water partition coefficient (Wildman–Crippen LogP) is 3.18. The van der Waals surface area contributed by atoms with Gasteiger partial charge < -0.3 is 5.73 Å². The molecule has 1 aromatic heterocycles. The minimum Gasteiger partial charge on any atom is -0.330 e. The van der Waals surface area contributed by atoms with E-state index in [4.69, 9.17) is 5.73 Å². The van der Waals surface area contributed by atoms with Crippen LogP contribution in [0.15, 0.2) is 36.5 Å². The zero-order chi connectivity index (χ0) is 13.9. The number of rotatable bonds is 3. The van der Waals surface area contributed by atoms with Gasteiger partial charge in [0, 0.05) is 23.1 Å². The monoisotopic (exact) mass is 268 g/mol. The molecule has 104 valence electrons. The number of pyridine rings is 1. The molecule has 3 heteroatoms. The van der Waals surface area contributed by atoms with Crippen molar-refractivity contribution in [2.45, 2.75) is 25.7 Å². The highest BCUT2D eigenvalue weighted by Crippen LogP contribution is 2.32. The molecule has 3 rings (SSSR count). The van der Waals surface area contributed by atoms with E-state index in [2.05, 4.69) is 4.98 Å². The SMILES string of the molecule is NCC1CCCCC1C(=O)c1cnc2ccccc2c1. The van der Waals surface area contributed by atoms with Gasteiger partial charge in [-0.15, -0.1) is 0 Å². The van der Waals surface area contributed by atoms with E-state index in [0.29, 0.717) is 12.5 Å². The van der Waals surface area contributed by atoms with Crippen LogP contribution in [0.25, 0.3) is 10.9 Å². The summed E-state index contributed by atoms with van der Waals surface area (Å²) in [6.45, 7) is 0.609. The number of hydrogen-bond donors (Lipinski definition) is 1. The molecule has 0 spiro atoms. The van der Waals surface area contributed by atoms with Crippen LogP contribution in [0.5, 0.6) is 0 Å². The summed E-state index contributed by atoms with van der Waals surface area (Å²) in [5, 5.41) is 1.03. The molecule has 0 radical (unpaired) electrons. The number of nitrogens with zero attached hydrogens (tertiary/aromatic N) is 1. The van der Waals surface area contributed by atoms with Crippen molar-refractivity contribution in [2.75, 3.05) is 6.54 Å². The molecular weight excluding hydrogens is 248 g/mol. The fourth-order valence-electron chi connectivity index (χ4n) is 3.25. The second-order valence-electron chi connectivity index (χ2n) is 5.67. The highest BCUT2D eigenvalue weighted by molar-refractivity contribution is 6.00. The van der Waals surface area contributed by atoms with Crippen LogP contribution in [0, 0.1) is 11.8 Å².